The van der Waals surface area contributed by atoms with Crippen molar-refractivity contribution < 1.29 is 4.74 Å². The van der Waals surface area contributed by atoms with Crippen molar-refractivity contribution in [1.82, 2.24) is 15.2 Å². The van der Waals surface area contributed by atoms with E-state index in [-0.39, 0.29) is 5.60 Å². The lowest BCUT2D eigenvalue weighted by molar-refractivity contribution is -0.137. The van der Waals surface area contributed by atoms with Crippen LogP contribution in [0.3, 0.4) is 0 Å². The Hall–Kier alpha value is -0.200. The molecule has 2 rings (SSSR count). The highest BCUT2D eigenvalue weighted by atomic mass is 16.5. The first-order valence-electron chi connectivity index (χ1n) is 7.16. The lowest BCUT2D eigenvalue weighted by atomic mass is 9.89. The average molecular weight is 256 g/mol. The number of likely N-dealkylation sites (tertiary alicyclic amines) is 1. The second-order valence-corrected chi connectivity index (χ2v) is 6.14. The SMILES string of the molecule is CC(C)CN1CCOC2(CCN(CNN)CC2)C1. The summed E-state index contributed by atoms with van der Waals surface area (Å²) in [7, 11) is 0. The summed E-state index contributed by atoms with van der Waals surface area (Å²) >= 11 is 0. The minimum absolute atomic E-state index is 0.109. The molecule has 0 radical (unpaired) electrons. The largest absolute Gasteiger partial charge is 0.372 e. The Balaban J connectivity index is 1.84. The number of hydrogen-bond donors (Lipinski definition) is 2. The van der Waals surface area contributed by atoms with E-state index in [0.29, 0.717) is 0 Å². The molecule has 2 saturated heterocycles. The van der Waals surface area contributed by atoms with Gasteiger partial charge < -0.3 is 4.74 Å². The number of ether oxygens (including phenoxy) is 1. The second-order valence-electron chi connectivity index (χ2n) is 6.14. The molecule has 0 saturated carbocycles. The maximum Gasteiger partial charge on any atom is 0.0833 e. The number of nitrogens with two attached hydrogens (primary N) is 1. The molecule has 0 atom stereocenters. The van der Waals surface area contributed by atoms with Gasteiger partial charge in [-0.05, 0) is 18.8 Å². The van der Waals surface area contributed by atoms with Crippen molar-refractivity contribution in [2.45, 2.75) is 32.3 Å². The molecule has 0 aromatic rings. The van der Waals surface area contributed by atoms with Crippen LogP contribution in [0.15, 0.2) is 0 Å². The van der Waals surface area contributed by atoms with Gasteiger partial charge in [-0.1, -0.05) is 13.8 Å². The number of rotatable bonds is 4. The van der Waals surface area contributed by atoms with Crippen LogP contribution >= 0.6 is 0 Å². The van der Waals surface area contributed by atoms with Gasteiger partial charge in [0.2, 0.25) is 0 Å². The topological polar surface area (TPSA) is 53.8 Å². The predicted molar refractivity (Wildman–Crippen MR) is 73.0 cm³/mol. The molecule has 3 N–H and O–H groups in total. The molecule has 2 aliphatic rings. The Bertz CT molecular complexity index is 251. The molecule has 2 heterocycles. The molecule has 0 aliphatic carbocycles. The van der Waals surface area contributed by atoms with Crippen LogP contribution in [-0.4, -0.2) is 61.4 Å². The number of piperidine rings is 1. The molecule has 0 aromatic carbocycles. The summed E-state index contributed by atoms with van der Waals surface area (Å²) in [6.07, 6.45) is 2.26. The fourth-order valence-electron chi connectivity index (χ4n) is 3.15. The highest BCUT2D eigenvalue weighted by molar-refractivity contribution is 4.92. The van der Waals surface area contributed by atoms with E-state index in [1.165, 1.54) is 6.54 Å². The molecule has 0 amide bonds. The zero-order valence-electron chi connectivity index (χ0n) is 11.8. The third-order valence-electron chi connectivity index (χ3n) is 4.03. The summed E-state index contributed by atoms with van der Waals surface area (Å²) in [5.41, 5.74) is 2.85. The lowest BCUT2D eigenvalue weighted by Gasteiger charge is -2.47. The Morgan fingerprint density at radius 2 is 1.94 bits per heavy atom. The summed E-state index contributed by atoms with van der Waals surface area (Å²) in [4.78, 5) is 4.93. The van der Waals surface area contributed by atoms with Crippen LogP contribution < -0.4 is 11.3 Å². The van der Waals surface area contributed by atoms with E-state index in [1.54, 1.807) is 0 Å². The number of hydrogen-bond acceptors (Lipinski definition) is 5. The smallest absolute Gasteiger partial charge is 0.0833 e. The van der Waals surface area contributed by atoms with Crippen molar-refractivity contribution in [3.63, 3.8) is 0 Å². The van der Waals surface area contributed by atoms with E-state index in [9.17, 15) is 0 Å². The summed E-state index contributed by atoms with van der Waals surface area (Å²) in [5.74, 6) is 6.11. The molecule has 1 spiro atoms. The van der Waals surface area contributed by atoms with Crippen LogP contribution in [0.5, 0.6) is 0 Å². The van der Waals surface area contributed by atoms with Gasteiger partial charge in [-0.25, -0.2) is 5.43 Å². The van der Waals surface area contributed by atoms with Gasteiger partial charge in [-0.3, -0.25) is 15.6 Å². The Morgan fingerprint density at radius 1 is 1.22 bits per heavy atom. The molecular weight excluding hydrogens is 228 g/mol. The maximum atomic E-state index is 6.12. The minimum Gasteiger partial charge on any atom is -0.372 e. The van der Waals surface area contributed by atoms with E-state index in [1.807, 2.05) is 0 Å². The van der Waals surface area contributed by atoms with E-state index in [4.69, 9.17) is 10.6 Å². The zero-order valence-corrected chi connectivity index (χ0v) is 11.8. The predicted octanol–water partition coefficient (Wildman–Crippen LogP) is 0.230. The van der Waals surface area contributed by atoms with Gasteiger partial charge in [0, 0.05) is 32.7 Å². The monoisotopic (exact) mass is 256 g/mol. The normalized spacial score (nSPS) is 26.0. The van der Waals surface area contributed by atoms with Crippen molar-refractivity contribution in [2.75, 3.05) is 46.0 Å². The molecule has 5 nitrogen and oxygen atoms in total. The van der Waals surface area contributed by atoms with Gasteiger partial charge in [0.05, 0.1) is 18.9 Å². The molecule has 18 heavy (non-hydrogen) atoms. The Labute approximate surface area is 111 Å². The maximum absolute atomic E-state index is 6.12. The molecule has 0 unspecified atom stereocenters. The van der Waals surface area contributed by atoms with Crippen molar-refractivity contribution in [1.29, 1.82) is 0 Å². The first-order valence-corrected chi connectivity index (χ1v) is 7.16. The van der Waals surface area contributed by atoms with E-state index < -0.39 is 0 Å². The summed E-state index contributed by atoms with van der Waals surface area (Å²) in [6, 6.07) is 0. The Kier molecular flexibility index (Phi) is 4.98. The van der Waals surface area contributed by atoms with Crippen LogP contribution in [0, 0.1) is 5.92 Å². The van der Waals surface area contributed by atoms with E-state index >= 15 is 0 Å². The van der Waals surface area contributed by atoms with Crippen molar-refractivity contribution in [3.8, 4) is 0 Å². The zero-order chi connectivity index (χ0) is 13.0. The first kappa shape index (κ1) is 14.2. The van der Waals surface area contributed by atoms with Gasteiger partial charge in [0.15, 0.2) is 0 Å². The van der Waals surface area contributed by atoms with Crippen LogP contribution in [-0.2, 0) is 4.74 Å². The van der Waals surface area contributed by atoms with Gasteiger partial charge in [0.1, 0.15) is 0 Å². The van der Waals surface area contributed by atoms with E-state index in [0.717, 1.165) is 58.2 Å². The van der Waals surface area contributed by atoms with Gasteiger partial charge in [-0.15, -0.1) is 0 Å². The number of morpholine rings is 1. The fraction of sp³-hybridized carbons (Fsp3) is 1.00. The van der Waals surface area contributed by atoms with E-state index in [2.05, 4.69) is 29.1 Å². The fourth-order valence-corrected chi connectivity index (χ4v) is 3.15. The summed E-state index contributed by atoms with van der Waals surface area (Å²) < 4.78 is 6.12. The standard InChI is InChI=1S/C13H28N4O/c1-12(2)9-17-7-8-18-13(10-17)3-5-16(6-4-13)11-15-14/h12,15H,3-11,14H2,1-2H3. The molecular formula is C13H28N4O. The van der Waals surface area contributed by atoms with Crippen LogP contribution in [0.2, 0.25) is 0 Å². The van der Waals surface area contributed by atoms with Crippen molar-refractivity contribution in [2.24, 2.45) is 11.8 Å². The lowest BCUT2D eigenvalue weighted by Crippen LogP contribution is -2.58. The Morgan fingerprint density at radius 3 is 2.56 bits per heavy atom. The highest BCUT2D eigenvalue weighted by Gasteiger charge is 2.39. The molecule has 5 heteroatoms. The van der Waals surface area contributed by atoms with Crippen LogP contribution in [0.4, 0.5) is 0 Å². The summed E-state index contributed by atoms with van der Waals surface area (Å²) in [5, 5.41) is 0. The number of hydrazine groups is 1. The van der Waals surface area contributed by atoms with Crippen molar-refractivity contribution in [3.05, 3.63) is 0 Å². The molecule has 0 bridgehead atoms. The van der Waals surface area contributed by atoms with Crippen molar-refractivity contribution >= 4 is 0 Å². The third kappa shape index (κ3) is 3.65. The van der Waals surface area contributed by atoms with Gasteiger partial charge in [-0.2, -0.15) is 0 Å². The van der Waals surface area contributed by atoms with Gasteiger partial charge >= 0.3 is 0 Å². The summed E-state index contributed by atoms with van der Waals surface area (Å²) in [6.45, 7) is 11.8. The average Bonchev–Trinajstić information content (AvgIpc) is 2.32. The molecule has 0 aromatic heterocycles. The third-order valence-corrected chi connectivity index (χ3v) is 4.03. The number of nitrogens with one attached hydrogen (secondary N) is 1. The van der Waals surface area contributed by atoms with Crippen LogP contribution in [0.25, 0.3) is 0 Å². The molecule has 2 aliphatic heterocycles. The quantitative estimate of drug-likeness (QED) is 0.557. The highest BCUT2D eigenvalue weighted by Crippen LogP contribution is 2.30. The first-order chi connectivity index (χ1) is 8.63. The molecule has 2 fully saturated rings. The second kappa shape index (κ2) is 6.30. The molecule has 106 valence electrons. The van der Waals surface area contributed by atoms with Gasteiger partial charge in [0.25, 0.3) is 0 Å². The van der Waals surface area contributed by atoms with Crippen LogP contribution in [0.1, 0.15) is 26.7 Å². The number of nitrogens with zero attached hydrogens (tertiary/aromatic N) is 2. The minimum atomic E-state index is 0.109.